The van der Waals surface area contributed by atoms with E-state index in [0.717, 1.165) is 5.56 Å². The van der Waals surface area contributed by atoms with Crippen molar-refractivity contribution in [2.75, 3.05) is 13.7 Å². The quantitative estimate of drug-likeness (QED) is 0.428. The average molecular weight is 220 g/mol. The molecule has 0 aromatic heterocycles. The maximum atomic E-state index is 10.8. The number of carbonyl (C=O) groups is 2. The van der Waals surface area contributed by atoms with E-state index in [2.05, 4.69) is 4.74 Å². The summed E-state index contributed by atoms with van der Waals surface area (Å²) < 4.78 is 9.53. The van der Waals surface area contributed by atoms with Crippen molar-refractivity contribution in [1.82, 2.24) is 0 Å². The first-order valence-electron chi connectivity index (χ1n) is 4.69. The van der Waals surface area contributed by atoms with Gasteiger partial charge in [-0.15, -0.1) is 0 Å². The second-order valence-corrected chi connectivity index (χ2v) is 2.90. The van der Waals surface area contributed by atoms with Crippen LogP contribution >= 0.6 is 0 Å². The normalized spacial score (nSPS) is 10.1. The fraction of sp³-hybridized carbons (Fsp3) is 0.167. The molecular weight excluding hydrogens is 208 g/mol. The molecule has 0 radical (unpaired) electrons. The van der Waals surface area contributed by atoms with Crippen LogP contribution in [-0.4, -0.2) is 26.0 Å². The van der Waals surface area contributed by atoms with Gasteiger partial charge < -0.3 is 9.47 Å². The van der Waals surface area contributed by atoms with Gasteiger partial charge in [-0.05, 0) is 23.8 Å². The Bertz CT molecular complexity index is 379. The molecule has 1 aromatic carbocycles. The van der Waals surface area contributed by atoms with E-state index in [9.17, 15) is 9.59 Å². The molecular formula is C12H12O4. The van der Waals surface area contributed by atoms with E-state index in [0.29, 0.717) is 12.0 Å². The van der Waals surface area contributed by atoms with Gasteiger partial charge in [-0.25, -0.2) is 4.79 Å². The Morgan fingerprint density at radius 3 is 2.56 bits per heavy atom. The zero-order chi connectivity index (χ0) is 11.8. The molecule has 0 atom stereocenters. The lowest BCUT2D eigenvalue weighted by Gasteiger charge is -2.01. The predicted octanol–water partition coefficient (Wildman–Crippen LogP) is 1.45. The summed E-state index contributed by atoms with van der Waals surface area (Å²) in [6.07, 6.45) is 3.65. The number of benzene rings is 1. The van der Waals surface area contributed by atoms with E-state index in [1.54, 1.807) is 30.3 Å². The zero-order valence-electron chi connectivity index (χ0n) is 8.88. The average Bonchev–Trinajstić information content (AvgIpc) is 2.34. The van der Waals surface area contributed by atoms with Gasteiger partial charge in [0.15, 0.2) is 6.29 Å². The third-order valence-corrected chi connectivity index (χ3v) is 1.81. The maximum absolute atomic E-state index is 10.8. The molecule has 0 heterocycles. The molecule has 84 valence electrons. The standard InChI is InChI=1S/C12H12O4/c1-15-12(14)7-4-10-2-5-11(6-3-10)16-9-8-13/h2-8H,9H2,1H3/b7-4+. The van der Waals surface area contributed by atoms with Crippen LogP contribution in [0.2, 0.25) is 0 Å². The van der Waals surface area contributed by atoms with Crippen LogP contribution in [0.1, 0.15) is 5.56 Å². The minimum absolute atomic E-state index is 0.0390. The molecule has 4 nitrogen and oxygen atoms in total. The molecule has 0 aliphatic carbocycles. The van der Waals surface area contributed by atoms with Gasteiger partial charge in [-0.1, -0.05) is 12.1 Å². The van der Waals surface area contributed by atoms with E-state index in [1.165, 1.54) is 13.2 Å². The van der Waals surface area contributed by atoms with Gasteiger partial charge in [-0.3, -0.25) is 4.79 Å². The largest absolute Gasteiger partial charge is 0.486 e. The molecule has 0 amide bonds. The molecule has 0 unspecified atom stereocenters. The maximum Gasteiger partial charge on any atom is 0.330 e. The lowest BCUT2D eigenvalue weighted by Crippen LogP contribution is -1.97. The van der Waals surface area contributed by atoms with Crippen molar-refractivity contribution in [1.29, 1.82) is 0 Å². The van der Waals surface area contributed by atoms with Gasteiger partial charge in [0.2, 0.25) is 0 Å². The summed E-state index contributed by atoms with van der Waals surface area (Å²) in [5.74, 6) is 0.212. The van der Waals surface area contributed by atoms with Crippen LogP contribution in [0, 0.1) is 0 Å². The van der Waals surface area contributed by atoms with Gasteiger partial charge in [0.1, 0.15) is 12.4 Å². The second-order valence-electron chi connectivity index (χ2n) is 2.90. The minimum atomic E-state index is -0.402. The third-order valence-electron chi connectivity index (χ3n) is 1.81. The van der Waals surface area contributed by atoms with E-state index < -0.39 is 5.97 Å². The van der Waals surface area contributed by atoms with E-state index in [1.807, 2.05) is 0 Å². The number of carbonyl (C=O) groups excluding carboxylic acids is 2. The first-order chi connectivity index (χ1) is 7.76. The molecule has 0 saturated heterocycles. The summed E-state index contributed by atoms with van der Waals surface area (Å²) in [6, 6.07) is 7.00. The molecule has 1 aromatic rings. The van der Waals surface area contributed by atoms with Gasteiger partial charge in [0.25, 0.3) is 0 Å². The monoisotopic (exact) mass is 220 g/mol. The summed E-state index contributed by atoms with van der Waals surface area (Å²) >= 11 is 0. The van der Waals surface area contributed by atoms with Crippen LogP contribution in [0.3, 0.4) is 0 Å². The van der Waals surface area contributed by atoms with E-state index in [-0.39, 0.29) is 6.61 Å². The van der Waals surface area contributed by atoms with Crippen LogP contribution in [0.5, 0.6) is 5.75 Å². The Labute approximate surface area is 93.5 Å². The number of hydrogen-bond acceptors (Lipinski definition) is 4. The molecule has 0 N–H and O–H groups in total. The molecule has 0 aliphatic heterocycles. The zero-order valence-corrected chi connectivity index (χ0v) is 8.88. The molecule has 0 spiro atoms. The number of esters is 1. The lowest BCUT2D eigenvalue weighted by atomic mass is 10.2. The predicted molar refractivity (Wildman–Crippen MR) is 59.1 cm³/mol. The van der Waals surface area contributed by atoms with Crippen molar-refractivity contribution in [3.05, 3.63) is 35.9 Å². The molecule has 0 fully saturated rings. The third kappa shape index (κ3) is 3.96. The molecule has 1 rings (SSSR count). The van der Waals surface area contributed by atoms with Gasteiger partial charge in [-0.2, -0.15) is 0 Å². The Kier molecular flexibility index (Phi) is 4.79. The second kappa shape index (κ2) is 6.40. The summed E-state index contributed by atoms with van der Waals surface area (Å²) in [4.78, 5) is 20.9. The van der Waals surface area contributed by atoms with Crippen molar-refractivity contribution in [3.63, 3.8) is 0 Å². The van der Waals surface area contributed by atoms with Crippen LogP contribution in [-0.2, 0) is 14.3 Å². The molecule has 16 heavy (non-hydrogen) atoms. The minimum Gasteiger partial charge on any atom is -0.486 e. The summed E-state index contributed by atoms with van der Waals surface area (Å²) in [5, 5.41) is 0. The number of aldehydes is 1. The summed E-state index contributed by atoms with van der Waals surface area (Å²) in [5.41, 5.74) is 0.851. The summed E-state index contributed by atoms with van der Waals surface area (Å²) in [6.45, 7) is 0.0390. The molecule has 0 bridgehead atoms. The van der Waals surface area contributed by atoms with Crippen molar-refractivity contribution in [3.8, 4) is 5.75 Å². The highest BCUT2D eigenvalue weighted by atomic mass is 16.5. The van der Waals surface area contributed by atoms with Crippen molar-refractivity contribution in [2.45, 2.75) is 0 Å². The number of rotatable bonds is 5. The topological polar surface area (TPSA) is 52.6 Å². The van der Waals surface area contributed by atoms with Crippen LogP contribution in [0.4, 0.5) is 0 Å². The van der Waals surface area contributed by atoms with Crippen LogP contribution in [0.15, 0.2) is 30.3 Å². The van der Waals surface area contributed by atoms with Gasteiger partial charge in [0, 0.05) is 6.08 Å². The first-order valence-corrected chi connectivity index (χ1v) is 4.69. The van der Waals surface area contributed by atoms with Crippen molar-refractivity contribution < 1.29 is 19.1 Å². The van der Waals surface area contributed by atoms with Crippen LogP contribution in [0.25, 0.3) is 6.08 Å². The summed E-state index contributed by atoms with van der Waals surface area (Å²) in [7, 11) is 1.32. The number of ether oxygens (including phenoxy) is 2. The van der Waals surface area contributed by atoms with Crippen molar-refractivity contribution >= 4 is 18.3 Å². The smallest absolute Gasteiger partial charge is 0.330 e. The molecule has 0 saturated carbocycles. The van der Waals surface area contributed by atoms with Gasteiger partial charge in [0.05, 0.1) is 7.11 Å². The Balaban J connectivity index is 2.60. The highest BCUT2D eigenvalue weighted by Crippen LogP contribution is 2.12. The van der Waals surface area contributed by atoms with E-state index >= 15 is 0 Å². The number of hydrogen-bond donors (Lipinski definition) is 0. The molecule has 0 aliphatic rings. The fourth-order valence-electron chi connectivity index (χ4n) is 1.04. The van der Waals surface area contributed by atoms with E-state index in [4.69, 9.17) is 4.74 Å². The Hall–Kier alpha value is -2.10. The Morgan fingerprint density at radius 1 is 1.31 bits per heavy atom. The lowest BCUT2D eigenvalue weighted by molar-refractivity contribution is -0.134. The van der Waals surface area contributed by atoms with Crippen LogP contribution < -0.4 is 4.74 Å². The highest BCUT2D eigenvalue weighted by Gasteiger charge is 1.94. The molecule has 4 heteroatoms. The van der Waals surface area contributed by atoms with Crippen molar-refractivity contribution in [2.24, 2.45) is 0 Å². The first kappa shape index (κ1) is 12.0. The van der Waals surface area contributed by atoms with Gasteiger partial charge >= 0.3 is 5.97 Å². The fourth-order valence-corrected chi connectivity index (χ4v) is 1.04. The SMILES string of the molecule is COC(=O)/C=C/c1ccc(OCC=O)cc1. The Morgan fingerprint density at radius 2 is 2.00 bits per heavy atom. The number of methoxy groups -OCH3 is 1. The highest BCUT2D eigenvalue weighted by molar-refractivity contribution is 5.86.